The summed E-state index contributed by atoms with van der Waals surface area (Å²) in [4.78, 5) is 19.8. The Labute approximate surface area is 162 Å². The molecule has 0 spiro atoms. The molecular formula is C20H23N3O3S. The Kier molecular flexibility index (Phi) is 6.24. The molecular weight excluding hydrogens is 362 g/mol. The van der Waals surface area contributed by atoms with Crippen molar-refractivity contribution in [2.45, 2.75) is 20.3 Å². The van der Waals surface area contributed by atoms with Gasteiger partial charge in [-0.3, -0.25) is 4.79 Å². The van der Waals surface area contributed by atoms with Gasteiger partial charge < -0.3 is 14.2 Å². The number of methoxy groups -OCH3 is 1. The average Bonchev–Trinajstić information content (AvgIpc) is 3.36. The van der Waals surface area contributed by atoms with Crippen LogP contribution < -0.4 is 4.74 Å². The van der Waals surface area contributed by atoms with Gasteiger partial charge in [0.05, 0.1) is 12.0 Å². The van der Waals surface area contributed by atoms with Crippen LogP contribution in [0.4, 0.5) is 0 Å². The third kappa shape index (κ3) is 4.95. The van der Waals surface area contributed by atoms with E-state index in [0.717, 1.165) is 16.2 Å². The Morgan fingerprint density at radius 2 is 2.04 bits per heavy atom. The third-order valence-corrected chi connectivity index (χ3v) is 4.87. The summed E-state index contributed by atoms with van der Waals surface area (Å²) in [7, 11) is 1.63. The lowest BCUT2D eigenvalue weighted by atomic mass is 10.2. The highest BCUT2D eigenvalue weighted by molar-refractivity contribution is 7.12. The molecule has 7 heteroatoms. The maximum atomic E-state index is 12.7. The van der Waals surface area contributed by atoms with Crippen LogP contribution in [0.1, 0.15) is 29.4 Å². The molecule has 0 aliphatic carbocycles. The largest absolute Gasteiger partial charge is 0.497 e. The van der Waals surface area contributed by atoms with E-state index in [1.807, 2.05) is 46.7 Å². The smallest absolute Gasteiger partial charge is 0.263 e. The maximum absolute atomic E-state index is 12.7. The zero-order valence-electron chi connectivity index (χ0n) is 15.7. The fourth-order valence-electron chi connectivity index (χ4n) is 2.72. The minimum absolute atomic E-state index is 0.0496. The van der Waals surface area contributed by atoms with E-state index >= 15 is 0 Å². The van der Waals surface area contributed by atoms with E-state index in [0.29, 0.717) is 37.1 Å². The van der Waals surface area contributed by atoms with Crippen LogP contribution in [0, 0.1) is 5.92 Å². The predicted molar refractivity (Wildman–Crippen MR) is 105 cm³/mol. The van der Waals surface area contributed by atoms with E-state index in [4.69, 9.17) is 9.26 Å². The van der Waals surface area contributed by atoms with Crippen molar-refractivity contribution in [3.8, 4) is 17.1 Å². The summed E-state index contributed by atoms with van der Waals surface area (Å²) >= 11 is 1.46. The SMILES string of the molecule is COc1ccc(-c2noc(CCN(CC(C)C)C(=O)c3cccs3)n2)cc1. The van der Waals surface area contributed by atoms with Crippen molar-refractivity contribution in [1.29, 1.82) is 0 Å². The monoisotopic (exact) mass is 385 g/mol. The van der Waals surface area contributed by atoms with Crippen LogP contribution in [0.5, 0.6) is 5.75 Å². The molecule has 0 saturated heterocycles. The molecule has 0 N–H and O–H groups in total. The normalized spacial score (nSPS) is 11.0. The molecule has 6 nitrogen and oxygen atoms in total. The van der Waals surface area contributed by atoms with Crippen LogP contribution >= 0.6 is 11.3 Å². The van der Waals surface area contributed by atoms with Gasteiger partial charge in [-0.2, -0.15) is 4.98 Å². The first-order valence-corrected chi connectivity index (χ1v) is 9.74. The Balaban J connectivity index is 1.66. The number of aromatic nitrogens is 2. The molecule has 1 amide bonds. The van der Waals surface area contributed by atoms with Crippen molar-refractivity contribution in [1.82, 2.24) is 15.0 Å². The zero-order valence-corrected chi connectivity index (χ0v) is 16.5. The predicted octanol–water partition coefficient (Wildman–Crippen LogP) is 4.15. The number of carbonyl (C=O) groups excluding carboxylic acids is 1. The number of thiophene rings is 1. The zero-order chi connectivity index (χ0) is 19.2. The van der Waals surface area contributed by atoms with E-state index in [9.17, 15) is 4.79 Å². The van der Waals surface area contributed by atoms with Gasteiger partial charge in [0, 0.05) is 25.1 Å². The van der Waals surface area contributed by atoms with Crippen molar-refractivity contribution >= 4 is 17.2 Å². The van der Waals surface area contributed by atoms with Gasteiger partial charge in [0.25, 0.3) is 5.91 Å². The Bertz CT molecular complexity index is 857. The number of ether oxygens (including phenoxy) is 1. The fourth-order valence-corrected chi connectivity index (χ4v) is 3.41. The third-order valence-electron chi connectivity index (χ3n) is 4.02. The van der Waals surface area contributed by atoms with Crippen molar-refractivity contribution in [3.05, 3.63) is 52.5 Å². The summed E-state index contributed by atoms with van der Waals surface area (Å²) < 4.78 is 10.5. The highest BCUT2D eigenvalue weighted by Gasteiger charge is 2.19. The average molecular weight is 385 g/mol. The standard InChI is InChI=1S/C20H23N3O3S/c1-14(2)13-23(20(24)17-5-4-12-27-17)11-10-18-21-19(22-26-18)15-6-8-16(25-3)9-7-15/h4-9,12,14H,10-11,13H2,1-3H3. The molecule has 0 atom stereocenters. The summed E-state index contributed by atoms with van der Waals surface area (Å²) in [5.41, 5.74) is 0.861. The van der Waals surface area contributed by atoms with E-state index in [-0.39, 0.29) is 5.91 Å². The minimum atomic E-state index is 0.0496. The van der Waals surface area contributed by atoms with Gasteiger partial charge in [-0.1, -0.05) is 25.1 Å². The molecule has 3 aromatic rings. The summed E-state index contributed by atoms with van der Waals surface area (Å²) in [6, 6.07) is 11.2. The summed E-state index contributed by atoms with van der Waals surface area (Å²) in [6.07, 6.45) is 0.521. The number of amides is 1. The molecule has 27 heavy (non-hydrogen) atoms. The highest BCUT2D eigenvalue weighted by Crippen LogP contribution is 2.20. The van der Waals surface area contributed by atoms with Crippen LogP contribution in [0.15, 0.2) is 46.3 Å². The lowest BCUT2D eigenvalue weighted by Gasteiger charge is -2.23. The van der Waals surface area contributed by atoms with Gasteiger partial charge >= 0.3 is 0 Å². The number of rotatable bonds is 8. The van der Waals surface area contributed by atoms with E-state index < -0.39 is 0 Å². The second-order valence-electron chi connectivity index (χ2n) is 6.61. The Hall–Kier alpha value is -2.67. The number of benzene rings is 1. The first-order chi connectivity index (χ1) is 13.1. The van der Waals surface area contributed by atoms with Crippen molar-refractivity contribution < 1.29 is 14.1 Å². The number of hydrogen-bond acceptors (Lipinski definition) is 6. The quantitative estimate of drug-likeness (QED) is 0.583. The number of hydrogen-bond donors (Lipinski definition) is 0. The maximum Gasteiger partial charge on any atom is 0.263 e. The molecule has 0 aliphatic rings. The molecule has 0 radical (unpaired) electrons. The molecule has 0 aliphatic heterocycles. The summed E-state index contributed by atoms with van der Waals surface area (Å²) in [5, 5.41) is 5.96. The van der Waals surface area contributed by atoms with E-state index in [1.54, 1.807) is 7.11 Å². The van der Waals surface area contributed by atoms with E-state index in [1.165, 1.54) is 11.3 Å². The summed E-state index contributed by atoms with van der Waals surface area (Å²) in [6.45, 7) is 5.43. The van der Waals surface area contributed by atoms with Gasteiger partial charge in [-0.25, -0.2) is 0 Å². The van der Waals surface area contributed by atoms with E-state index in [2.05, 4.69) is 24.0 Å². The van der Waals surface area contributed by atoms with Crippen LogP contribution in [-0.2, 0) is 6.42 Å². The molecule has 142 valence electrons. The Morgan fingerprint density at radius 3 is 2.67 bits per heavy atom. The summed E-state index contributed by atoms with van der Waals surface area (Å²) in [5.74, 6) is 2.26. The first kappa shape index (κ1) is 19.1. The van der Waals surface area contributed by atoms with Crippen molar-refractivity contribution in [2.75, 3.05) is 20.2 Å². The van der Waals surface area contributed by atoms with Gasteiger partial charge in [0.15, 0.2) is 0 Å². The van der Waals surface area contributed by atoms with Gasteiger partial charge in [0.2, 0.25) is 11.7 Å². The minimum Gasteiger partial charge on any atom is -0.497 e. The fraction of sp³-hybridized carbons (Fsp3) is 0.350. The van der Waals surface area contributed by atoms with Gasteiger partial charge in [0.1, 0.15) is 5.75 Å². The molecule has 2 heterocycles. The van der Waals surface area contributed by atoms with Crippen molar-refractivity contribution in [2.24, 2.45) is 5.92 Å². The van der Waals surface area contributed by atoms with Crippen LogP contribution in [0.3, 0.4) is 0 Å². The van der Waals surface area contributed by atoms with Crippen molar-refractivity contribution in [3.63, 3.8) is 0 Å². The molecule has 3 rings (SSSR count). The van der Waals surface area contributed by atoms with Crippen LogP contribution in [0.2, 0.25) is 0 Å². The lowest BCUT2D eigenvalue weighted by Crippen LogP contribution is -2.35. The molecule has 0 bridgehead atoms. The number of nitrogens with zero attached hydrogens (tertiary/aromatic N) is 3. The molecule has 2 aromatic heterocycles. The molecule has 0 unspecified atom stereocenters. The molecule has 0 saturated carbocycles. The molecule has 0 fully saturated rings. The van der Waals surface area contributed by atoms with Gasteiger partial charge in [-0.05, 0) is 41.6 Å². The second kappa shape index (κ2) is 8.81. The first-order valence-electron chi connectivity index (χ1n) is 8.86. The molecule has 1 aromatic carbocycles. The Morgan fingerprint density at radius 1 is 1.26 bits per heavy atom. The highest BCUT2D eigenvalue weighted by atomic mass is 32.1. The van der Waals surface area contributed by atoms with Crippen LogP contribution in [0.25, 0.3) is 11.4 Å². The lowest BCUT2D eigenvalue weighted by molar-refractivity contribution is 0.0739. The topological polar surface area (TPSA) is 68.5 Å². The number of carbonyl (C=O) groups is 1. The van der Waals surface area contributed by atoms with Crippen LogP contribution in [-0.4, -0.2) is 41.1 Å². The van der Waals surface area contributed by atoms with Gasteiger partial charge in [-0.15, -0.1) is 11.3 Å². The second-order valence-corrected chi connectivity index (χ2v) is 7.56.